The van der Waals surface area contributed by atoms with E-state index in [1.807, 2.05) is 24.3 Å². The quantitative estimate of drug-likeness (QED) is 0.902. The Morgan fingerprint density at radius 3 is 2.85 bits per heavy atom. The van der Waals surface area contributed by atoms with E-state index >= 15 is 0 Å². The summed E-state index contributed by atoms with van der Waals surface area (Å²) in [4.78, 5) is 14.4. The number of hydrogen-bond acceptors (Lipinski definition) is 4. The number of ether oxygens (including phenoxy) is 1. The van der Waals surface area contributed by atoms with Crippen LogP contribution in [0.25, 0.3) is 0 Å². The molecule has 2 aromatic rings. The summed E-state index contributed by atoms with van der Waals surface area (Å²) in [6.07, 6.45) is 8.11. The van der Waals surface area contributed by atoms with Gasteiger partial charge in [-0.25, -0.2) is 4.79 Å². The molecule has 1 atom stereocenters. The molecule has 4 rings (SSSR count). The minimum atomic E-state index is -0.144. The standard InChI is InChI=1S/C20H25N3O3/c1-23(14-15-9-12-25-22-15)19(24)21-17-13-20(10-5-2-6-11-20)26-18-8-4-3-7-16(17)18/h3-4,7-9,12,17H,2,5-6,10-11,13-14H2,1H3,(H,21,24)/t17-/m0/s1. The van der Waals surface area contributed by atoms with E-state index in [1.54, 1.807) is 18.0 Å². The van der Waals surface area contributed by atoms with Gasteiger partial charge in [-0.2, -0.15) is 0 Å². The molecule has 1 fully saturated rings. The molecule has 1 spiro atoms. The Morgan fingerprint density at radius 1 is 1.27 bits per heavy atom. The van der Waals surface area contributed by atoms with Gasteiger partial charge in [0.05, 0.1) is 12.6 Å². The predicted molar refractivity (Wildman–Crippen MR) is 96.7 cm³/mol. The molecule has 26 heavy (non-hydrogen) atoms. The summed E-state index contributed by atoms with van der Waals surface area (Å²) in [7, 11) is 1.77. The molecule has 6 heteroatoms. The second-order valence-electron chi connectivity index (χ2n) is 7.44. The fourth-order valence-electron chi connectivity index (χ4n) is 4.14. The van der Waals surface area contributed by atoms with Crippen molar-refractivity contribution in [3.8, 4) is 5.75 Å². The van der Waals surface area contributed by atoms with E-state index in [9.17, 15) is 4.79 Å². The lowest BCUT2D eigenvalue weighted by Crippen LogP contribution is -2.48. The highest BCUT2D eigenvalue weighted by molar-refractivity contribution is 5.74. The van der Waals surface area contributed by atoms with Crippen molar-refractivity contribution in [2.75, 3.05) is 7.05 Å². The number of nitrogens with one attached hydrogen (secondary N) is 1. The van der Waals surface area contributed by atoms with Gasteiger partial charge < -0.3 is 19.5 Å². The van der Waals surface area contributed by atoms with E-state index in [4.69, 9.17) is 9.26 Å². The first-order valence-electron chi connectivity index (χ1n) is 9.34. The summed E-state index contributed by atoms with van der Waals surface area (Å²) < 4.78 is 11.3. The highest BCUT2D eigenvalue weighted by atomic mass is 16.5. The van der Waals surface area contributed by atoms with Crippen LogP contribution in [0.15, 0.2) is 41.1 Å². The number of urea groups is 1. The maximum absolute atomic E-state index is 12.7. The van der Waals surface area contributed by atoms with E-state index in [-0.39, 0.29) is 17.7 Å². The smallest absolute Gasteiger partial charge is 0.317 e. The fraction of sp³-hybridized carbons (Fsp3) is 0.500. The van der Waals surface area contributed by atoms with Crippen LogP contribution in [0.3, 0.4) is 0 Å². The molecular formula is C20H25N3O3. The average Bonchev–Trinajstić information content (AvgIpc) is 3.15. The Balaban J connectivity index is 1.51. The minimum absolute atomic E-state index is 0.0368. The lowest BCUT2D eigenvalue weighted by Gasteiger charge is -2.44. The van der Waals surface area contributed by atoms with Gasteiger partial charge in [-0.3, -0.25) is 0 Å². The fourth-order valence-corrected chi connectivity index (χ4v) is 4.14. The van der Waals surface area contributed by atoms with Crippen molar-refractivity contribution >= 4 is 6.03 Å². The molecule has 0 saturated heterocycles. The zero-order valence-electron chi connectivity index (χ0n) is 15.1. The van der Waals surface area contributed by atoms with Crippen molar-refractivity contribution in [2.45, 2.75) is 56.7 Å². The summed E-state index contributed by atoms with van der Waals surface area (Å²) in [5.41, 5.74) is 1.65. The third-order valence-electron chi connectivity index (χ3n) is 5.50. The third kappa shape index (κ3) is 3.41. The van der Waals surface area contributed by atoms with Crippen molar-refractivity contribution < 1.29 is 14.1 Å². The van der Waals surface area contributed by atoms with Gasteiger partial charge in [0.1, 0.15) is 23.3 Å². The Bertz CT molecular complexity index is 753. The predicted octanol–water partition coefficient (Wildman–Crippen LogP) is 4.04. The summed E-state index contributed by atoms with van der Waals surface area (Å²) >= 11 is 0. The van der Waals surface area contributed by atoms with Gasteiger partial charge in [-0.1, -0.05) is 29.8 Å². The molecule has 1 aromatic carbocycles. The van der Waals surface area contributed by atoms with Crippen LogP contribution in [0.1, 0.15) is 55.8 Å². The zero-order chi connectivity index (χ0) is 18.0. The molecule has 0 bridgehead atoms. The number of amides is 2. The van der Waals surface area contributed by atoms with Crippen molar-refractivity contribution in [1.29, 1.82) is 0 Å². The van der Waals surface area contributed by atoms with Gasteiger partial charge in [-0.15, -0.1) is 0 Å². The number of rotatable bonds is 3. The summed E-state index contributed by atoms with van der Waals surface area (Å²) in [5, 5.41) is 7.08. The number of benzene rings is 1. The SMILES string of the molecule is CN(Cc1ccon1)C(=O)N[C@H]1CC2(CCCCC2)Oc2ccccc21. The molecule has 2 heterocycles. The average molecular weight is 355 g/mol. The Morgan fingerprint density at radius 2 is 2.08 bits per heavy atom. The largest absolute Gasteiger partial charge is 0.487 e. The van der Waals surface area contributed by atoms with Crippen molar-refractivity contribution in [3.63, 3.8) is 0 Å². The van der Waals surface area contributed by atoms with E-state index in [2.05, 4.69) is 10.5 Å². The van der Waals surface area contributed by atoms with Crippen LogP contribution in [-0.2, 0) is 6.54 Å². The first-order chi connectivity index (χ1) is 12.7. The maximum Gasteiger partial charge on any atom is 0.317 e. The van der Waals surface area contributed by atoms with E-state index < -0.39 is 0 Å². The van der Waals surface area contributed by atoms with Gasteiger partial charge >= 0.3 is 6.03 Å². The van der Waals surface area contributed by atoms with Crippen molar-refractivity contribution in [3.05, 3.63) is 47.9 Å². The number of hydrogen-bond donors (Lipinski definition) is 1. The molecular weight excluding hydrogens is 330 g/mol. The number of carbonyl (C=O) groups is 1. The molecule has 2 aliphatic rings. The van der Waals surface area contributed by atoms with Gasteiger partial charge in [0.25, 0.3) is 0 Å². The number of aromatic nitrogens is 1. The Kier molecular flexibility index (Phi) is 4.57. The lowest BCUT2D eigenvalue weighted by molar-refractivity contribution is -0.00168. The van der Waals surface area contributed by atoms with Crippen LogP contribution in [0, 0.1) is 0 Å². The van der Waals surface area contributed by atoms with E-state index in [0.29, 0.717) is 6.54 Å². The summed E-state index contributed by atoms with van der Waals surface area (Å²) in [6, 6.07) is 9.68. The highest BCUT2D eigenvalue weighted by Crippen LogP contribution is 2.46. The molecule has 0 unspecified atom stereocenters. The second-order valence-corrected chi connectivity index (χ2v) is 7.44. The zero-order valence-corrected chi connectivity index (χ0v) is 15.1. The van der Waals surface area contributed by atoms with Crippen molar-refractivity contribution in [2.24, 2.45) is 0 Å². The van der Waals surface area contributed by atoms with Crippen LogP contribution < -0.4 is 10.1 Å². The van der Waals surface area contributed by atoms with Crippen LogP contribution in [0.2, 0.25) is 0 Å². The molecule has 1 aromatic heterocycles. The molecule has 0 radical (unpaired) electrons. The lowest BCUT2D eigenvalue weighted by atomic mass is 9.77. The molecule has 138 valence electrons. The molecule has 1 saturated carbocycles. The minimum Gasteiger partial charge on any atom is -0.487 e. The molecule has 6 nitrogen and oxygen atoms in total. The molecule has 1 aliphatic carbocycles. The van der Waals surface area contributed by atoms with Gasteiger partial charge in [0.15, 0.2) is 0 Å². The Labute approximate surface area is 153 Å². The Hall–Kier alpha value is -2.50. The number of carbonyl (C=O) groups excluding carboxylic acids is 1. The first kappa shape index (κ1) is 16.9. The topological polar surface area (TPSA) is 67.6 Å². The maximum atomic E-state index is 12.7. The van der Waals surface area contributed by atoms with Crippen LogP contribution in [0.4, 0.5) is 4.79 Å². The van der Waals surface area contributed by atoms with E-state index in [0.717, 1.165) is 36.3 Å². The monoisotopic (exact) mass is 355 g/mol. The van der Waals surface area contributed by atoms with Crippen LogP contribution in [-0.4, -0.2) is 28.7 Å². The van der Waals surface area contributed by atoms with Gasteiger partial charge in [-0.05, 0) is 31.7 Å². The second kappa shape index (κ2) is 7.02. The highest BCUT2D eigenvalue weighted by Gasteiger charge is 2.42. The normalized spacial score (nSPS) is 20.9. The van der Waals surface area contributed by atoms with E-state index in [1.165, 1.54) is 25.5 Å². The van der Waals surface area contributed by atoms with Crippen LogP contribution in [0.5, 0.6) is 5.75 Å². The first-order valence-corrected chi connectivity index (χ1v) is 9.34. The third-order valence-corrected chi connectivity index (χ3v) is 5.50. The van der Waals surface area contributed by atoms with Gasteiger partial charge in [0.2, 0.25) is 0 Å². The summed E-state index contributed by atoms with van der Waals surface area (Å²) in [6.45, 7) is 0.415. The number of nitrogens with zero attached hydrogens (tertiary/aromatic N) is 2. The van der Waals surface area contributed by atoms with Crippen LogP contribution >= 0.6 is 0 Å². The number of fused-ring (bicyclic) bond motifs is 1. The molecule has 1 aliphatic heterocycles. The molecule has 1 N–H and O–H groups in total. The van der Waals surface area contributed by atoms with Gasteiger partial charge in [0, 0.05) is 25.1 Å². The summed E-state index contributed by atoms with van der Waals surface area (Å²) in [5.74, 6) is 0.908. The van der Waals surface area contributed by atoms with Crippen molar-refractivity contribution in [1.82, 2.24) is 15.4 Å². The number of para-hydroxylation sites is 1. The molecule has 2 amide bonds.